The molecule has 0 saturated carbocycles. The van der Waals surface area contributed by atoms with Crippen molar-refractivity contribution >= 4 is 28.1 Å². The van der Waals surface area contributed by atoms with Gasteiger partial charge in [-0.15, -0.1) is 0 Å². The van der Waals surface area contributed by atoms with Gasteiger partial charge in [0.1, 0.15) is 5.57 Å². The second-order valence-corrected chi connectivity index (χ2v) is 6.63. The molecular weight excluding hydrogens is 312 g/mol. The van der Waals surface area contributed by atoms with E-state index in [4.69, 9.17) is 14.0 Å². The van der Waals surface area contributed by atoms with E-state index < -0.39 is 27.8 Å². The Balaban J connectivity index is 2.46. The van der Waals surface area contributed by atoms with Crippen LogP contribution in [0.15, 0.2) is 28.7 Å². The van der Waals surface area contributed by atoms with E-state index in [0.717, 1.165) is 12.1 Å². The third kappa shape index (κ3) is 3.34. The zero-order valence-corrected chi connectivity index (χ0v) is 12.9. The van der Waals surface area contributed by atoms with Crippen LogP contribution in [0.2, 0.25) is 0 Å². The Morgan fingerprint density at radius 1 is 1.14 bits per heavy atom. The highest BCUT2D eigenvalue weighted by atomic mass is 32.2. The minimum atomic E-state index is -4.40. The van der Waals surface area contributed by atoms with Gasteiger partial charge in [-0.05, 0) is 30.2 Å². The number of aryl methyl sites for hydroxylation is 1. The quantitative estimate of drug-likeness (QED) is 0.379. The summed E-state index contributed by atoms with van der Waals surface area (Å²) < 4.78 is 41.5. The molecule has 1 saturated heterocycles. The molecule has 0 radical (unpaired) electrons. The summed E-state index contributed by atoms with van der Waals surface area (Å²) in [5.74, 6) is -3.08. The van der Waals surface area contributed by atoms with Gasteiger partial charge in [0.15, 0.2) is 0 Å². The first-order valence-corrected chi connectivity index (χ1v) is 7.70. The minimum absolute atomic E-state index is 0.238. The predicted octanol–water partition coefficient (Wildman–Crippen LogP) is 1.46. The molecule has 0 aliphatic carbocycles. The van der Waals surface area contributed by atoms with Gasteiger partial charge in [-0.2, -0.15) is 8.42 Å². The van der Waals surface area contributed by atoms with Gasteiger partial charge in [-0.3, -0.25) is 4.55 Å². The molecule has 7 nitrogen and oxygen atoms in total. The van der Waals surface area contributed by atoms with Gasteiger partial charge in [0.25, 0.3) is 15.9 Å². The molecule has 118 valence electrons. The highest BCUT2D eigenvalue weighted by Gasteiger charge is 2.38. The average Bonchev–Trinajstić information content (AvgIpc) is 2.33. The smallest absolute Gasteiger partial charge is 0.348 e. The van der Waals surface area contributed by atoms with E-state index in [0.29, 0.717) is 5.56 Å². The summed E-state index contributed by atoms with van der Waals surface area (Å²) in [7, 11) is -4.40. The number of esters is 2. The number of hydrogen-bond acceptors (Lipinski definition) is 6. The van der Waals surface area contributed by atoms with E-state index >= 15 is 0 Å². The van der Waals surface area contributed by atoms with Gasteiger partial charge < -0.3 is 9.47 Å². The lowest BCUT2D eigenvalue weighted by Crippen LogP contribution is -2.41. The van der Waals surface area contributed by atoms with Crippen molar-refractivity contribution in [2.24, 2.45) is 0 Å². The molecule has 22 heavy (non-hydrogen) atoms. The van der Waals surface area contributed by atoms with Crippen LogP contribution in [-0.4, -0.2) is 30.7 Å². The van der Waals surface area contributed by atoms with Crippen molar-refractivity contribution in [3.05, 3.63) is 34.9 Å². The predicted molar refractivity (Wildman–Crippen MR) is 75.2 cm³/mol. The maximum absolute atomic E-state index is 11.8. The number of hydrogen-bond donors (Lipinski definition) is 1. The fourth-order valence-electron chi connectivity index (χ4n) is 1.93. The lowest BCUT2D eigenvalue weighted by atomic mass is 10.1. The topological polar surface area (TPSA) is 107 Å². The second kappa shape index (κ2) is 5.22. The van der Waals surface area contributed by atoms with Crippen LogP contribution in [-0.2, 0) is 29.2 Å². The summed E-state index contributed by atoms with van der Waals surface area (Å²) in [5, 5.41) is 0. The molecular formula is C14H14O7S. The molecule has 8 heteroatoms. The molecule has 1 aromatic carbocycles. The van der Waals surface area contributed by atoms with Crippen molar-refractivity contribution in [2.45, 2.75) is 31.5 Å². The van der Waals surface area contributed by atoms with Crippen molar-refractivity contribution in [2.75, 3.05) is 0 Å². The molecule has 1 N–H and O–H groups in total. The summed E-state index contributed by atoms with van der Waals surface area (Å²) in [6.07, 6.45) is 1.15. The van der Waals surface area contributed by atoms with E-state index in [1.807, 2.05) is 0 Å². The third-order valence-electron chi connectivity index (χ3n) is 2.92. The number of ether oxygens (including phenoxy) is 2. The number of benzene rings is 1. The molecule has 0 spiro atoms. The van der Waals surface area contributed by atoms with E-state index in [9.17, 15) is 18.0 Å². The Hall–Kier alpha value is -2.19. The highest BCUT2D eigenvalue weighted by molar-refractivity contribution is 7.85. The van der Waals surface area contributed by atoms with Gasteiger partial charge in [0.05, 0.1) is 4.90 Å². The van der Waals surface area contributed by atoms with Crippen LogP contribution in [0.3, 0.4) is 0 Å². The van der Waals surface area contributed by atoms with Crippen LogP contribution in [0.5, 0.6) is 0 Å². The first-order valence-electron chi connectivity index (χ1n) is 6.26. The number of rotatable bonds is 2. The second-order valence-electron chi connectivity index (χ2n) is 5.24. The molecule has 1 aliphatic heterocycles. The maximum atomic E-state index is 11.8. The van der Waals surface area contributed by atoms with Crippen molar-refractivity contribution in [1.29, 1.82) is 0 Å². The lowest BCUT2D eigenvalue weighted by Gasteiger charge is -2.29. The molecule has 1 heterocycles. The zero-order chi connectivity index (χ0) is 16.7. The summed E-state index contributed by atoms with van der Waals surface area (Å²) in [6, 6.07) is 4.09. The minimum Gasteiger partial charge on any atom is -0.419 e. The molecule has 0 amide bonds. The van der Waals surface area contributed by atoms with Gasteiger partial charge in [-0.1, -0.05) is 12.1 Å². The largest absolute Gasteiger partial charge is 0.419 e. The van der Waals surface area contributed by atoms with Crippen LogP contribution in [0, 0.1) is 6.92 Å². The van der Waals surface area contributed by atoms with Crippen LogP contribution in [0.1, 0.15) is 25.0 Å². The SMILES string of the molecule is Cc1ccc(C=C2C(=O)OC(C)(C)OC2=O)cc1S(=O)(=O)O. The average molecular weight is 326 g/mol. The Morgan fingerprint density at radius 2 is 1.68 bits per heavy atom. The van der Waals surface area contributed by atoms with Crippen LogP contribution < -0.4 is 0 Å². The molecule has 2 rings (SSSR count). The van der Waals surface area contributed by atoms with Crippen molar-refractivity contribution in [3.63, 3.8) is 0 Å². The summed E-state index contributed by atoms with van der Waals surface area (Å²) >= 11 is 0. The fraction of sp³-hybridized carbons (Fsp3) is 0.286. The van der Waals surface area contributed by atoms with Crippen molar-refractivity contribution < 1.29 is 32.0 Å². The Labute approximate surface area is 127 Å². The van der Waals surface area contributed by atoms with Gasteiger partial charge in [0.2, 0.25) is 0 Å². The van der Waals surface area contributed by atoms with Gasteiger partial charge in [-0.25, -0.2) is 9.59 Å². The summed E-state index contributed by atoms with van der Waals surface area (Å²) in [6.45, 7) is 4.34. The Bertz CT molecular complexity index is 765. The molecule has 0 atom stereocenters. The molecule has 1 aliphatic rings. The van der Waals surface area contributed by atoms with Crippen LogP contribution in [0.25, 0.3) is 6.08 Å². The van der Waals surface area contributed by atoms with E-state index in [-0.39, 0.29) is 16.0 Å². The highest BCUT2D eigenvalue weighted by Crippen LogP contribution is 2.25. The maximum Gasteiger partial charge on any atom is 0.348 e. The summed E-state index contributed by atoms with van der Waals surface area (Å²) in [4.78, 5) is 23.3. The van der Waals surface area contributed by atoms with Gasteiger partial charge >= 0.3 is 11.9 Å². The van der Waals surface area contributed by atoms with E-state index in [1.54, 1.807) is 0 Å². The normalized spacial score (nSPS) is 17.7. The standard InChI is InChI=1S/C14H14O7S/c1-8-4-5-9(7-11(8)22(17,18)19)6-10-12(15)20-14(2,3)21-13(10)16/h4-7H,1-3H3,(H,17,18,19). The van der Waals surface area contributed by atoms with Crippen molar-refractivity contribution in [1.82, 2.24) is 0 Å². The van der Waals surface area contributed by atoms with Gasteiger partial charge in [0, 0.05) is 13.8 Å². The number of carbonyl (C=O) groups excluding carboxylic acids is 2. The molecule has 1 aromatic rings. The van der Waals surface area contributed by atoms with Crippen molar-refractivity contribution in [3.8, 4) is 0 Å². The van der Waals surface area contributed by atoms with E-state index in [1.165, 1.54) is 32.9 Å². The van der Waals surface area contributed by atoms with Crippen LogP contribution in [0.4, 0.5) is 0 Å². The molecule has 0 bridgehead atoms. The van der Waals surface area contributed by atoms with E-state index in [2.05, 4.69) is 0 Å². The first kappa shape index (κ1) is 16.2. The number of cyclic esters (lactones) is 2. The monoisotopic (exact) mass is 326 g/mol. The summed E-state index contributed by atoms with van der Waals surface area (Å²) in [5.41, 5.74) is 0.214. The zero-order valence-electron chi connectivity index (χ0n) is 12.1. The first-order chi connectivity index (χ1) is 9.99. The fourth-order valence-corrected chi connectivity index (χ4v) is 2.69. The van der Waals surface area contributed by atoms with Crippen LogP contribution >= 0.6 is 0 Å². The Morgan fingerprint density at radius 3 is 2.18 bits per heavy atom. The molecule has 0 aromatic heterocycles. The number of carbonyl (C=O) groups is 2. The third-order valence-corrected chi connectivity index (χ3v) is 3.91. The Kier molecular flexibility index (Phi) is 3.84. The lowest BCUT2D eigenvalue weighted by molar-refractivity contribution is -0.222. The molecule has 0 unspecified atom stereocenters. The molecule has 1 fully saturated rings.